The molecule has 1 aliphatic heterocycles. The smallest absolute Gasteiger partial charge is 0.224 e. The molecule has 0 aromatic carbocycles. The second-order valence-electron chi connectivity index (χ2n) is 6.02. The molecule has 23 heavy (non-hydrogen) atoms. The van der Waals surface area contributed by atoms with E-state index in [4.69, 9.17) is 4.52 Å². The van der Waals surface area contributed by atoms with Crippen LogP contribution in [0.15, 0.2) is 28.9 Å². The third-order valence-electron chi connectivity index (χ3n) is 4.28. The van der Waals surface area contributed by atoms with Gasteiger partial charge >= 0.3 is 0 Å². The van der Waals surface area contributed by atoms with Crippen molar-refractivity contribution in [3.05, 3.63) is 41.4 Å². The number of aryl methyl sites for hydroxylation is 2. The number of pyridine rings is 1. The Morgan fingerprint density at radius 2 is 2.30 bits per heavy atom. The lowest BCUT2D eigenvalue weighted by molar-refractivity contribution is -0.121. The molecule has 1 atom stereocenters. The summed E-state index contributed by atoms with van der Waals surface area (Å²) in [5.74, 6) is 1.71. The van der Waals surface area contributed by atoms with Gasteiger partial charge in [0.15, 0.2) is 0 Å². The van der Waals surface area contributed by atoms with Crippen molar-refractivity contribution < 1.29 is 9.32 Å². The molecule has 1 saturated heterocycles. The van der Waals surface area contributed by atoms with Crippen molar-refractivity contribution >= 4 is 11.7 Å². The van der Waals surface area contributed by atoms with Crippen LogP contribution in [0.1, 0.15) is 29.9 Å². The van der Waals surface area contributed by atoms with Crippen molar-refractivity contribution in [2.75, 3.05) is 18.0 Å². The zero-order valence-corrected chi connectivity index (χ0v) is 13.6. The van der Waals surface area contributed by atoms with Gasteiger partial charge in [-0.3, -0.25) is 4.79 Å². The van der Waals surface area contributed by atoms with Gasteiger partial charge in [-0.05, 0) is 38.8 Å². The van der Waals surface area contributed by atoms with E-state index in [9.17, 15) is 4.79 Å². The SMILES string of the molecule is Cc1noc(C)c1CC(=O)N[C@H]1CCCN(c2ccccn2)C1. The van der Waals surface area contributed by atoms with E-state index in [0.717, 1.165) is 48.8 Å². The first-order valence-electron chi connectivity index (χ1n) is 8.00. The Kier molecular flexibility index (Phi) is 4.60. The maximum atomic E-state index is 12.3. The number of carbonyl (C=O) groups is 1. The molecule has 0 radical (unpaired) electrons. The first kappa shape index (κ1) is 15.5. The molecule has 1 amide bonds. The van der Waals surface area contributed by atoms with Crippen LogP contribution in [0, 0.1) is 13.8 Å². The summed E-state index contributed by atoms with van der Waals surface area (Å²) >= 11 is 0. The van der Waals surface area contributed by atoms with Gasteiger partial charge in [0, 0.05) is 30.9 Å². The second kappa shape index (κ2) is 6.81. The summed E-state index contributed by atoms with van der Waals surface area (Å²) in [6.07, 6.45) is 4.17. The van der Waals surface area contributed by atoms with Gasteiger partial charge in [0.05, 0.1) is 12.1 Å². The number of rotatable bonds is 4. The minimum absolute atomic E-state index is 0.0206. The molecular formula is C17H22N4O2. The van der Waals surface area contributed by atoms with Crippen molar-refractivity contribution in [1.29, 1.82) is 0 Å². The van der Waals surface area contributed by atoms with Crippen molar-refractivity contribution in [1.82, 2.24) is 15.5 Å². The highest BCUT2D eigenvalue weighted by Crippen LogP contribution is 2.18. The van der Waals surface area contributed by atoms with E-state index in [1.54, 1.807) is 6.20 Å². The lowest BCUT2D eigenvalue weighted by Gasteiger charge is -2.34. The highest BCUT2D eigenvalue weighted by atomic mass is 16.5. The number of nitrogens with one attached hydrogen (secondary N) is 1. The van der Waals surface area contributed by atoms with Gasteiger partial charge in [0.25, 0.3) is 0 Å². The molecule has 1 aliphatic rings. The average molecular weight is 314 g/mol. The van der Waals surface area contributed by atoms with Crippen LogP contribution in [0.25, 0.3) is 0 Å². The zero-order valence-electron chi connectivity index (χ0n) is 13.6. The third kappa shape index (κ3) is 3.70. The van der Waals surface area contributed by atoms with Crippen LogP contribution < -0.4 is 10.2 Å². The van der Waals surface area contributed by atoms with Crippen LogP contribution in [0.2, 0.25) is 0 Å². The normalized spacial score (nSPS) is 18.0. The highest BCUT2D eigenvalue weighted by Gasteiger charge is 2.23. The van der Waals surface area contributed by atoms with E-state index in [1.807, 2.05) is 32.0 Å². The number of nitrogens with zero attached hydrogens (tertiary/aromatic N) is 3. The van der Waals surface area contributed by atoms with E-state index in [2.05, 4.69) is 20.4 Å². The zero-order chi connectivity index (χ0) is 16.2. The summed E-state index contributed by atoms with van der Waals surface area (Å²) < 4.78 is 5.11. The Morgan fingerprint density at radius 1 is 1.43 bits per heavy atom. The summed E-state index contributed by atoms with van der Waals surface area (Å²) in [6.45, 7) is 5.48. The fourth-order valence-corrected chi connectivity index (χ4v) is 3.04. The van der Waals surface area contributed by atoms with Gasteiger partial charge in [0.2, 0.25) is 5.91 Å². The molecule has 1 N–H and O–H groups in total. The van der Waals surface area contributed by atoms with Crippen molar-refractivity contribution in [3.63, 3.8) is 0 Å². The summed E-state index contributed by atoms with van der Waals surface area (Å²) in [5.41, 5.74) is 1.68. The number of aromatic nitrogens is 2. The fourth-order valence-electron chi connectivity index (χ4n) is 3.04. The Bertz CT molecular complexity index is 649. The van der Waals surface area contributed by atoms with Crippen LogP contribution in [0.3, 0.4) is 0 Å². The minimum atomic E-state index is 0.0206. The molecule has 0 bridgehead atoms. The summed E-state index contributed by atoms with van der Waals surface area (Å²) in [4.78, 5) is 18.9. The topological polar surface area (TPSA) is 71.3 Å². The summed E-state index contributed by atoms with van der Waals surface area (Å²) in [5, 5.41) is 7.03. The third-order valence-corrected chi connectivity index (χ3v) is 4.28. The molecule has 6 nitrogen and oxygen atoms in total. The van der Waals surface area contributed by atoms with Gasteiger partial charge in [-0.1, -0.05) is 11.2 Å². The quantitative estimate of drug-likeness (QED) is 0.935. The number of hydrogen-bond donors (Lipinski definition) is 1. The lowest BCUT2D eigenvalue weighted by atomic mass is 10.0. The van der Waals surface area contributed by atoms with Crippen molar-refractivity contribution in [2.24, 2.45) is 0 Å². The molecule has 0 spiro atoms. The predicted molar refractivity (Wildman–Crippen MR) is 87.3 cm³/mol. The molecule has 122 valence electrons. The molecule has 6 heteroatoms. The first-order chi connectivity index (χ1) is 11.1. The van der Waals surface area contributed by atoms with Crippen LogP contribution in [-0.2, 0) is 11.2 Å². The number of carbonyl (C=O) groups excluding carboxylic acids is 1. The Labute approximate surface area is 135 Å². The minimum Gasteiger partial charge on any atom is -0.361 e. The van der Waals surface area contributed by atoms with E-state index in [1.165, 1.54) is 0 Å². The van der Waals surface area contributed by atoms with E-state index >= 15 is 0 Å². The van der Waals surface area contributed by atoms with Gasteiger partial charge < -0.3 is 14.7 Å². The predicted octanol–water partition coefficient (Wildman–Crippen LogP) is 2.01. The number of anilines is 1. The summed E-state index contributed by atoms with van der Waals surface area (Å²) in [6, 6.07) is 6.06. The lowest BCUT2D eigenvalue weighted by Crippen LogP contribution is -2.48. The first-order valence-corrected chi connectivity index (χ1v) is 8.00. The Morgan fingerprint density at radius 3 is 3.00 bits per heavy atom. The van der Waals surface area contributed by atoms with Gasteiger partial charge in [-0.2, -0.15) is 0 Å². The fraction of sp³-hybridized carbons (Fsp3) is 0.471. The largest absolute Gasteiger partial charge is 0.361 e. The molecule has 0 saturated carbocycles. The van der Waals surface area contributed by atoms with E-state index < -0.39 is 0 Å². The molecule has 3 heterocycles. The number of piperidine rings is 1. The van der Waals surface area contributed by atoms with Gasteiger partial charge in [-0.15, -0.1) is 0 Å². The van der Waals surface area contributed by atoms with E-state index in [-0.39, 0.29) is 11.9 Å². The number of amides is 1. The maximum absolute atomic E-state index is 12.3. The Balaban J connectivity index is 1.58. The molecule has 2 aromatic heterocycles. The van der Waals surface area contributed by atoms with Crippen molar-refractivity contribution in [3.8, 4) is 0 Å². The van der Waals surface area contributed by atoms with Crippen LogP contribution >= 0.6 is 0 Å². The molecule has 2 aromatic rings. The van der Waals surface area contributed by atoms with Gasteiger partial charge in [-0.25, -0.2) is 4.98 Å². The van der Waals surface area contributed by atoms with Crippen molar-refractivity contribution in [2.45, 2.75) is 39.2 Å². The monoisotopic (exact) mass is 314 g/mol. The standard InChI is InChI=1S/C17H22N4O2/c1-12-15(13(2)23-20-12)10-17(22)19-14-6-5-9-21(11-14)16-7-3-4-8-18-16/h3-4,7-8,14H,5-6,9-11H2,1-2H3,(H,19,22)/t14-/m0/s1. The summed E-state index contributed by atoms with van der Waals surface area (Å²) in [7, 11) is 0. The maximum Gasteiger partial charge on any atom is 0.224 e. The molecular weight excluding hydrogens is 292 g/mol. The highest BCUT2D eigenvalue weighted by molar-refractivity contribution is 5.79. The Hall–Kier alpha value is -2.37. The molecule has 1 fully saturated rings. The van der Waals surface area contributed by atoms with Gasteiger partial charge in [0.1, 0.15) is 11.6 Å². The van der Waals surface area contributed by atoms with Crippen LogP contribution in [0.4, 0.5) is 5.82 Å². The molecule has 0 unspecified atom stereocenters. The van der Waals surface area contributed by atoms with Crippen LogP contribution in [0.5, 0.6) is 0 Å². The molecule has 3 rings (SSSR count). The average Bonchev–Trinajstić information content (AvgIpc) is 2.88. The molecule has 0 aliphatic carbocycles. The second-order valence-corrected chi connectivity index (χ2v) is 6.02. The van der Waals surface area contributed by atoms with E-state index in [0.29, 0.717) is 6.42 Å². The van der Waals surface area contributed by atoms with Crippen LogP contribution in [-0.4, -0.2) is 35.2 Å². The number of hydrogen-bond acceptors (Lipinski definition) is 5.